The zero-order chi connectivity index (χ0) is 13.4. The quantitative estimate of drug-likeness (QED) is 0.408. The molecular formula is C12H18N2O2S2. The number of rotatable bonds is 7. The highest BCUT2D eigenvalue weighted by Gasteiger charge is 2.10. The molecular weight excluding hydrogens is 268 g/mol. The molecule has 0 bridgehead atoms. The van der Waals surface area contributed by atoms with Crippen LogP contribution in [-0.4, -0.2) is 29.1 Å². The molecule has 0 fully saturated rings. The zero-order valence-electron chi connectivity index (χ0n) is 10.3. The number of amides is 1. The van der Waals surface area contributed by atoms with Crippen LogP contribution in [0.4, 0.5) is 5.69 Å². The molecule has 1 rings (SSSR count). The summed E-state index contributed by atoms with van der Waals surface area (Å²) >= 11 is 0. The molecule has 0 unspecified atom stereocenters. The molecule has 100 valence electrons. The average Bonchev–Trinajstić information content (AvgIpc) is 2.33. The molecule has 0 aliphatic carbocycles. The number of anilines is 1. The van der Waals surface area contributed by atoms with E-state index < -0.39 is 0 Å². The molecule has 0 atom stereocenters. The van der Waals surface area contributed by atoms with E-state index in [9.17, 15) is 9.90 Å². The Labute approximate surface area is 115 Å². The number of nitrogen functional groups attached to an aromatic ring is 1. The van der Waals surface area contributed by atoms with E-state index in [1.54, 1.807) is 27.7 Å². The van der Waals surface area contributed by atoms with Gasteiger partial charge in [0.05, 0.1) is 5.56 Å². The molecule has 6 heteroatoms. The van der Waals surface area contributed by atoms with E-state index >= 15 is 0 Å². The standard InChI is InChI=1S/C12H18N2O2S2/c1-2-6-17-18-7-5-14-12(16)10-4-3-9(13)8-11(10)15/h3-4,8,15H,2,5-7,13H2,1H3,(H,14,16). The fourth-order valence-corrected chi connectivity index (χ4v) is 3.29. The Morgan fingerprint density at radius 3 is 2.78 bits per heavy atom. The lowest BCUT2D eigenvalue weighted by atomic mass is 10.1. The summed E-state index contributed by atoms with van der Waals surface area (Å²) in [4.78, 5) is 11.7. The fourth-order valence-electron chi connectivity index (χ4n) is 1.24. The molecule has 1 aromatic rings. The van der Waals surface area contributed by atoms with Gasteiger partial charge in [-0.1, -0.05) is 28.5 Å². The normalized spacial score (nSPS) is 10.3. The first-order valence-electron chi connectivity index (χ1n) is 5.76. The highest BCUT2D eigenvalue weighted by Crippen LogP contribution is 2.21. The molecule has 0 saturated heterocycles. The van der Waals surface area contributed by atoms with Crippen molar-refractivity contribution in [3.63, 3.8) is 0 Å². The Balaban J connectivity index is 2.32. The molecule has 4 N–H and O–H groups in total. The monoisotopic (exact) mass is 286 g/mol. The van der Waals surface area contributed by atoms with Gasteiger partial charge >= 0.3 is 0 Å². The number of benzene rings is 1. The van der Waals surface area contributed by atoms with Crippen molar-refractivity contribution in [2.45, 2.75) is 13.3 Å². The topological polar surface area (TPSA) is 75.4 Å². The lowest BCUT2D eigenvalue weighted by Crippen LogP contribution is -2.25. The van der Waals surface area contributed by atoms with Crippen LogP contribution in [-0.2, 0) is 0 Å². The molecule has 18 heavy (non-hydrogen) atoms. The number of hydrogen-bond donors (Lipinski definition) is 3. The van der Waals surface area contributed by atoms with E-state index in [2.05, 4.69) is 12.2 Å². The molecule has 0 spiro atoms. The number of nitrogens with two attached hydrogens (primary N) is 1. The van der Waals surface area contributed by atoms with Gasteiger partial charge in [-0.25, -0.2) is 0 Å². The maximum atomic E-state index is 11.7. The Hall–Kier alpha value is -1.01. The molecule has 0 radical (unpaired) electrons. The lowest BCUT2D eigenvalue weighted by Gasteiger charge is -2.07. The summed E-state index contributed by atoms with van der Waals surface area (Å²) in [6.07, 6.45) is 1.16. The van der Waals surface area contributed by atoms with Crippen molar-refractivity contribution in [1.82, 2.24) is 5.32 Å². The van der Waals surface area contributed by atoms with Crippen LogP contribution < -0.4 is 11.1 Å². The first-order chi connectivity index (χ1) is 8.65. The zero-order valence-corrected chi connectivity index (χ0v) is 11.9. The smallest absolute Gasteiger partial charge is 0.255 e. The maximum Gasteiger partial charge on any atom is 0.255 e. The number of phenolic OH excluding ortho intramolecular Hbond substituents is 1. The van der Waals surface area contributed by atoms with Crippen molar-refractivity contribution < 1.29 is 9.90 Å². The number of carbonyl (C=O) groups excluding carboxylic acids is 1. The molecule has 0 saturated carbocycles. The first-order valence-corrected chi connectivity index (χ1v) is 8.25. The fraction of sp³-hybridized carbons (Fsp3) is 0.417. The first kappa shape index (κ1) is 15.0. The molecule has 1 amide bonds. The highest BCUT2D eigenvalue weighted by molar-refractivity contribution is 8.76. The summed E-state index contributed by atoms with van der Waals surface area (Å²) in [5.41, 5.74) is 6.20. The van der Waals surface area contributed by atoms with Crippen LogP contribution in [0.2, 0.25) is 0 Å². The van der Waals surface area contributed by atoms with Crippen LogP contribution in [0.1, 0.15) is 23.7 Å². The predicted molar refractivity (Wildman–Crippen MR) is 80.1 cm³/mol. The van der Waals surface area contributed by atoms with E-state index in [0.717, 1.165) is 17.9 Å². The van der Waals surface area contributed by atoms with E-state index in [1.165, 1.54) is 12.1 Å². The van der Waals surface area contributed by atoms with Crippen LogP contribution in [0.15, 0.2) is 18.2 Å². The highest BCUT2D eigenvalue weighted by atomic mass is 33.1. The van der Waals surface area contributed by atoms with Crippen LogP contribution >= 0.6 is 21.6 Å². The summed E-state index contributed by atoms with van der Waals surface area (Å²) in [6, 6.07) is 4.50. The third-order valence-electron chi connectivity index (χ3n) is 2.11. The minimum absolute atomic E-state index is 0.0829. The van der Waals surface area contributed by atoms with E-state index in [4.69, 9.17) is 5.73 Å². The predicted octanol–water partition coefficient (Wildman–Crippen LogP) is 2.50. The van der Waals surface area contributed by atoms with Crippen molar-refractivity contribution in [3.8, 4) is 5.75 Å². The van der Waals surface area contributed by atoms with E-state index in [1.807, 2.05) is 0 Å². The Morgan fingerprint density at radius 1 is 1.39 bits per heavy atom. The summed E-state index contributed by atoms with van der Waals surface area (Å²) in [5.74, 6) is 1.62. The third-order valence-corrected chi connectivity index (χ3v) is 4.72. The van der Waals surface area contributed by atoms with Gasteiger partial charge in [0.15, 0.2) is 0 Å². The van der Waals surface area contributed by atoms with Crippen molar-refractivity contribution in [1.29, 1.82) is 0 Å². The average molecular weight is 286 g/mol. The molecule has 0 aliphatic rings. The molecule has 4 nitrogen and oxygen atoms in total. The van der Waals surface area contributed by atoms with Crippen molar-refractivity contribution in [2.75, 3.05) is 23.8 Å². The summed E-state index contributed by atoms with van der Waals surface area (Å²) < 4.78 is 0. The summed E-state index contributed by atoms with van der Waals surface area (Å²) in [6.45, 7) is 2.73. The van der Waals surface area contributed by atoms with Gasteiger partial charge in [-0.2, -0.15) is 0 Å². The van der Waals surface area contributed by atoms with Crippen LogP contribution in [0.5, 0.6) is 5.75 Å². The Kier molecular flexibility index (Phi) is 6.82. The van der Waals surface area contributed by atoms with Crippen molar-refractivity contribution in [3.05, 3.63) is 23.8 Å². The van der Waals surface area contributed by atoms with Gasteiger partial charge in [0.2, 0.25) is 0 Å². The molecule has 0 aliphatic heterocycles. The van der Waals surface area contributed by atoms with Gasteiger partial charge in [-0.3, -0.25) is 4.79 Å². The largest absolute Gasteiger partial charge is 0.507 e. The second-order valence-electron chi connectivity index (χ2n) is 3.68. The van der Waals surface area contributed by atoms with Gasteiger partial charge in [0.25, 0.3) is 5.91 Å². The molecule has 1 aromatic carbocycles. The molecule has 0 heterocycles. The SMILES string of the molecule is CCCSSCCNC(=O)c1ccc(N)cc1O. The van der Waals surface area contributed by atoms with Gasteiger partial charge in [0.1, 0.15) is 5.75 Å². The van der Waals surface area contributed by atoms with Crippen LogP contribution in [0.25, 0.3) is 0 Å². The number of nitrogens with one attached hydrogen (secondary N) is 1. The van der Waals surface area contributed by atoms with Crippen LogP contribution in [0, 0.1) is 0 Å². The van der Waals surface area contributed by atoms with Crippen LogP contribution in [0.3, 0.4) is 0 Å². The second-order valence-corrected chi connectivity index (χ2v) is 6.38. The maximum absolute atomic E-state index is 11.7. The third kappa shape index (κ3) is 5.10. The van der Waals surface area contributed by atoms with Gasteiger partial charge < -0.3 is 16.2 Å². The lowest BCUT2D eigenvalue weighted by molar-refractivity contribution is 0.0953. The minimum Gasteiger partial charge on any atom is -0.507 e. The summed E-state index contributed by atoms with van der Waals surface area (Å²) in [7, 11) is 3.55. The number of hydrogen-bond acceptors (Lipinski definition) is 5. The number of aromatic hydroxyl groups is 1. The van der Waals surface area contributed by atoms with E-state index in [0.29, 0.717) is 12.2 Å². The molecule has 0 aromatic heterocycles. The Bertz CT molecular complexity index is 400. The van der Waals surface area contributed by atoms with Crippen molar-refractivity contribution >= 4 is 33.2 Å². The number of carbonyl (C=O) groups is 1. The van der Waals surface area contributed by atoms with Crippen molar-refractivity contribution in [2.24, 2.45) is 0 Å². The van der Waals surface area contributed by atoms with Gasteiger partial charge in [0, 0.05) is 29.8 Å². The minimum atomic E-state index is -0.270. The number of phenols is 1. The second kappa shape index (κ2) is 8.16. The van der Waals surface area contributed by atoms with Gasteiger partial charge in [-0.05, 0) is 18.6 Å². The van der Waals surface area contributed by atoms with Gasteiger partial charge in [-0.15, -0.1) is 0 Å². The van der Waals surface area contributed by atoms with E-state index in [-0.39, 0.29) is 17.2 Å². The Morgan fingerprint density at radius 2 is 2.11 bits per heavy atom. The summed E-state index contributed by atoms with van der Waals surface area (Å²) in [5, 5.41) is 12.3.